The number of carbonyl (C=O) groups is 3. The lowest BCUT2D eigenvalue weighted by Crippen LogP contribution is -2.44. The minimum absolute atomic E-state index is 0.225. The van der Waals surface area contributed by atoms with Gasteiger partial charge in [0.05, 0.1) is 18.9 Å². The van der Waals surface area contributed by atoms with Gasteiger partial charge in [-0.2, -0.15) is 0 Å². The maximum absolute atomic E-state index is 14.2. The summed E-state index contributed by atoms with van der Waals surface area (Å²) < 4.78 is 10.8. The number of ether oxygens (including phenoxy) is 2. The molecule has 2 N–H and O–H groups in total. The van der Waals surface area contributed by atoms with Gasteiger partial charge < -0.3 is 20.1 Å². The van der Waals surface area contributed by atoms with Crippen LogP contribution in [0.15, 0.2) is 140 Å². The number of hydrogen-bond donors (Lipinski definition) is 2. The second-order valence-electron chi connectivity index (χ2n) is 10.5. The number of esters is 1. The lowest BCUT2D eigenvalue weighted by Gasteiger charge is -2.27. The van der Waals surface area contributed by atoms with Crippen LogP contribution in [0.2, 0.25) is 0 Å². The van der Waals surface area contributed by atoms with Gasteiger partial charge in [0.15, 0.2) is 11.5 Å². The molecule has 0 spiro atoms. The Labute approximate surface area is 262 Å². The smallest absolute Gasteiger partial charge is 0.308 e. The minimum Gasteiger partial charge on any atom is -0.493 e. The Bertz CT molecular complexity index is 1550. The van der Waals surface area contributed by atoms with Gasteiger partial charge in [-0.3, -0.25) is 14.4 Å². The Kier molecular flexibility index (Phi) is 10.0. The van der Waals surface area contributed by atoms with E-state index in [1.807, 2.05) is 121 Å². The Morgan fingerprint density at radius 3 is 1.22 bits per heavy atom. The molecule has 0 aliphatic heterocycles. The Morgan fingerprint density at radius 1 is 0.511 bits per heavy atom. The van der Waals surface area contributed by atoms with Crippen molar-refractivity contribution >= 4 is 17.8 Å². The molecule has 0 atom stereocenters. The summed E-state index contributed by atoms with van der Waals surface area (Å²) in [6.07, 6.45) is -0.963. The van der Waals surface area contributed by atoms with E-state index in [2.05, 4.69) is 10.6 Å². The molecular weight excluding hydrogens is 564 g/mol. The van der Waals surface area contributed by atoms with Crippen LogP contribution in [0.5, 0.6) is 11.5 Å². The van der Waals surface area contributed by atoms with Crippen molar-refractivity contribution in [3.05, 3.63) is 167 Å². The molecule has 0 radical (unpaired) electrons. The van der Waals surface area contributed by atoms with Gasteiger partial charge in [0.25, 0.3) is 0 Å². The van der Waals surface area contributed by atoms with Gasteiger partial charge in [-0.25, -0.2) is 0 Å². The molecular formula is C38H34N2O5. The Balaban J connectivity index is 1.55. The van der Waals surface area contributed by atoms with Crippen molar-refractivity contribution < 1.29 is 23.9 Å². The lowest BCUT2D eigenvalue weighted by molar-refractivity contribution is -0.132. The molecule has 0 heterocycles. The lowest BCUT2D eigenvalue weighted by atomic mass is 9.89. The second kappa shape index (κ2) is 14.7. The molecule has 2 amide bonds. The first-order chi connectivity index (χ1) is 21.9. The fourth-order valence-electron chi connectivity index (χ4n) is 5.33. The number of carbonyl (C=O) groups excluding carboxylic acids is 3. The summed E-state index contributed by atoms with van der Waals surface area (Å²) in [5.41, 5.74) is 3.76. The van der Waals surface area contributed by atoms with Gasteiger partial charge in [0.1, 0.15) is 6.17 Å². The van der Waals surface area contributed by atoms with Crippen molar-refractivity contribution in [2.45, 2.75) is 24.9 Å². The third-order valence-electron chi connectivity index (χ3n) is 7.40. The molecule has 226 valence electrons. The van der Waals surface area contributed by atoms with Crippen LogP contribution in [0.1, 0.15) is 52.7 Å². The van der Waals surface area contributed by atoms with Crippen LogP contribution in [0.3, 0.4) is 0 Å². The van der Waals surface area contributed by atoms with E-state index < -0.39 is 24.0 Å². The number of nitrogens with one attached hydrogen (secondary N) is 2. The van der Waals surface area contributed by atoms with Gasteiger partial charge in [0, 0.05) is 6.92 Å². The fraction of sp³-hybridized carbons (Fsp3) is 0.132. The second-order valence-corrected chi connectivity index (χ2v) is 10.5. The third kappa shape index (κ3) is 7.64. The zero-order chi connectivity index (χ0) is 31.6. The zero-order valence-electron chi connectivity index (χ0n) is 25.1. The van der Waals surface area contributed by atoms with Gasteiger partial charge in [0.2, 0.25) is 11.8 Å². The van der Waals surface area contributed by atoms with Gasteiger partial charge >= 0.3 is 5.97 Å². The van der Waals surface area contributed by atoms with Gasteiger partial charge in [-0.05, 0) is 39.9 Å². The highest BCUT2D eigenvalue weighted by Gasteiger charge is 2.30. The predicted octanol–water partition coefficient (Wildman–Crippen LogP) is 6.52. The van der Waals surface area contributed by atoms with Crippen molar-refractivity contribution in [3.63, 3.8) is 0 Å². The van der Waals surface area contributed by atoms with E-state index in [9.17, 15) is 14.4 Å². The molecule has 0 aromatic heterocycles. The molecule has 0 saturated heterocycles. The van der Waals surface area contributed by atoms with Crippen LogP contribution >= 0.6 is 0 Å². The quantitative estimate of drug-likeness (QED) is 0.103. The molecule has 45 heavy (non-hydrogen) atoms. The highest BCUT2D eigenvalue weighted by atomic mass is 16.6. The summed E-state index contributed by atoms with van der Waals surface area (Å²) in [4.78, 5) is 40.1. The van der Waals surface area contributed by atoms with Crippen molar-refractivity contribution in [3.8, 4) is 11.5 Å². The summed E-state index contributed by atoms with van der Waals surface area (Å²) in [7, 11) is 1.46. The Hall–Kier alpha value is -5.69. The van der Waals surface area contributed by atoms with E-state index in [1.165, 1.54) is 14.0 Å². The average Bonchev–Trinajstić information content (AvgIpc) is 3.06. The third-order valence-corrected chi connectivity index (χ3v) is 7.40. The van der Waals surface area contributed by atoms with Crippen LogP contribution in [0, 0.1) is 0 Å². The van der Waals surface area contributed by atoms with E-state index in [0.717, 1.165) is 22.3 Å². The van der Waals surface area contributed by atoms with Crippen LogP contribution < -0.4 is 20.1 Å². The maximum atomic E-state index is 14.2. The zero-order valence-corrected chi connectivity index (χ0v) is 25.1. The molecule has 7 heteroatoms. The van der Waals surface area contributed by atoms with E-state index in [1.54, 1.807) is 18.2 Å². The normalized spacial score (nSPS) is 10.9. The number of hydrogen-bond acceptors (Lipinski definition) is 5. The number of amides is 2. The van der Waals surface area contributed by atoms with Crippen molar-refractivity contribution in [2.75, 3.05) is 7.11 Å². The molecule has 5 rings (SSSR count). The average molecular weight is 599 g/mol. The summed E-state index contributed by atoms with van der Waals surface area (Å²) in [6.45, 7) is 1.30. The first-order valence-electron chi connectivity index (χ1n) is 14.6. The summed E-state index contributed by atoms with van der Waals surface area (Å²) >= 11 is 0. The van der Waals surface area contributed by atoms with Crippen LogP contribution in [-0.2, 0) is 14.4 Å². The van der Waals surface area contributed by atoms with Crippen LogP contribution in [-0.4, -0.2) is 24.9 Å². The highest BCUT2D eigenvalue weighted by molar-refractivity contribution is 5.90. The summed E-state index contributed by atoms with van der Waals surface area (Å²) in [5, 5.41) is 6.19. The van der Waals surface area contributed by atoms with Crippen molar-refractivity contribution in [2.24, 2.45) is 0 Å². The topological polar surface area (TPSA) is 93.7 Å². The van der Waals surface area contributed by atoms with E-state index in [-0.39, 0.29) is 23.3 Å². The predicted molar refractivity (Wildman–Crippen MR) is 173 cm³/mol. The van der Waals surface area contributed by atoms with Crippen LogP contribution in [0.4, 0.5) is 0 Å². The first kappa shape index (κ1) is 30.8. The van der Waals surface area contributed by atoms with Gasteiger partial charge in [-0.15, -0.1) is 0 Å². The molecule has 5 aromatic carbocycles. The molecule has 0 saturated carbocycles. The largest absolute Gasteiger partial charge is 0.493 e. The van der Waals surface area contributed by atoms with Crippen molar-refractivity contribution in [1.82, 2.24) is 10.6 Å². The minimum atomic E-state index is -0.963. The van der Waals surface area contributed by atoms with E-state index >= 15 is 0 Å². The standard InChI is InChI=1S/C38H34N2O5/c1-26(41)45-32-24-23-31(25-33(32)44-2)36(39-37(42)34(27-15-7-3-8-16-27)28-17-9-4-10-18-28)40-38(43)35(29-19-11-5-12-20-29)30-21-13-6-14-22-30/h3-25,34-36H,1-2H3,(H,39,42)(H,40,43). The molecule has 5 aromatic rings. The monoisotopic (exact) mass is 598 g/mol. The van der Waals surface area contributed by atoms with E-state index in [4.69, 9.17) is 9.47 Å². The van der Waals surface area contributed by atoms with Gasteiger partial charge in [-0.1, -0.05) is 127 Å². The summed E-state index contributed by atoms with van der Waals surface area (Å²) in [6, 6.07) is 42.9. The summed E-state index contributed by atoms with van der Waals surface area (Å²) in [5.74, 6) is -1.90. The first-order valence-corrected chi connectivity index (χ1v) is 14.6. The SMILES string of the molecule is COc1cc(C(NC(=O)C(c2ccccc2)c2ccccc2)NC(=O)C(c2ccccc2)c2ccccc2)ccc1OC(C)=O. The molecule has 0 aliphatic carbocycles. The molecule has 0 fully saturated rings. The maximum Gasteiger partial charge on any atom is 0.308 e. The fourth-order valence-corrected chi connectivity index (χ4v) is 5.33. The molecule has 0 unspecified atom stereocenters. The highest BCUT2D eigenvalue weighted by Crippen LogP contribution is 2.32. The number of rotatable bonds is 11. The molecule has 0 aliphatic rings. The van der Waals surface area contributed by atoms with Crippen molar-refractivity contribution in [1.29, 1.82) is 0 Å². The Morgan fingerprint density at radius 2 is 0.889 bits per heavy atom. The molecule has 0 bridgehead atoms. The van der Waals surface area contributed by atoms with E-state index in [0.29, 0.717) is 5.56 Å². The molecule has 7 nitrogen and oxygen atoms in total. The number of benzene rings is 5. The van der Waals surface area contributed by atoms with Crippen LogP contribution in [0.25, 0.3) is 0 Å². The number of methoxy groups -OCH3 is 1.